The molecule has 3 heterocycles. The molecule has 1 fully saturated rings. The van der Waals surface area contributed by atoms with Gasteiger partial charge in [-0.2, -0.15) is 0 Å². The Hall–Kier alpha value is -2.39. The number of piperazine rings is 1. The first-order chi connectivity index (χ1) is 14.0. The highest BCUT2D eigenvalue weighted by molar-refractivity contribution is 7.80. The third-order valence-electron chi connectivity index (χ3n) is 4.98. The lowest BCUT2D eigenvalue weighted by molar-refractivity contribution is 0.0599. The Bertz CT molecular complexity index is 892. The maximum atomic E-state index is 12.1. The van der Waals surface area contributed by atoms with Crippen molar-refractivity contribution in [2.45, 2.75) is 20.3 Å². The summed E-state index contributed by atoms with van der Waals surface area (Å²) in [5, 5.41) is 5.92. The molecule has 7 nitrogen and oxygen atoms in total. The lowest BCUT2D eigenvalue weighted by Crippen LogP contribution is -2.50. The number of carbonyl (C=O) groups excluding carboxylic acids is 1. The summed E-state index contributed by atoms with van der Waals surface area (Å²) in [6, 6.07) is 3.88. The van der Waals surface area contributed by atoms with Crippen LogP contribution in [0.5, 0.6) is 5.88 Å². The zero-order valence-corrected chi connectivity index (χ0v) is 18.8. The van der Waals surface area contributed by atoms with Gasteiger partial charge in [-0.1, -0.05) is 6.92 Å². The van der Waals surface area contributed by atoms with Gasteiger partial charge in [0.15, 0.2) is 5.11 Å². The van der Waals surface area contributed by atoms with Gasteiger partial charge in [0.1, 0.15) is 5.69 Å². The third-order valence-corrected chi connectivity index (χ3v) is 6.18. The molecular weight excluding hydrogens is 408 g/mol. The average molecular weight is 435 g/mol. The van der Waals surface area contributed by atoms with E-state index in [1.165, 1.54) is 17.7 Å². The van der Waals surface area contributed by atoms with Crippen molar-refractivity contribution < 1.29 is 14.3 Å². The standard InChI is InChI=1S/C20H26N4O3S2/c1-5-15-14(19(25)27-4)12-16(18(21-15)26-3)22-20(28)24-9-7-23(8-10-24)17-6-11-29-13(17)2/h6,11-12H,5,7-10H2,1-4H3,(H,22,28). The number of hydrogen-bond donors (Lipinski definition) is 1. The summed E-state index contributed by atoms with van der Waals surface area (Å²) in [6.07, 6.45) is 0.593. The number of thiocarbonyl (C=S) groups is 1. The zero-order chi connectivity index (χ0) is 21.0. The van der Waals surface area contributed by atoms with E-state index >= 15 is 0 Å². The molecule has 0 bridgehead atoms. The van der Waals surface area contributed by atoms with E-state index in [2.05, 4.69) is 38.5 Å². The van der Waals surface area contributed by atoms with Gasteiger partial charge < -0.3 is 24.6 Å². The molecule has 156 valence electrons. The van der Waals surface area contributed by atoms with Gasteiger partial charge in [0.25, 0.3) is 0 Å². The molecule has 1 N–H and O–H groups in total. The number of aromatic nitrogens is 1. The minimum Gasteiger partial charge on any atom is -0.480 e. The number of carbonyl (C=O) groups is 1. The molecule has 3 rings (SSSR count). The first-order valence-corrected chi connectivity index (χ1v) is 10.8. The van der Waals surface area contributed by atoms with Gasteiger partial charge in [0.2, 0.25) is 5.88 Å². The molecule has 2 aromatic rings. The Balaban J connectivity index is 1.72. The Morgan fingerprint density at radius 3 is 2.59 bits per heavy atom. The minimum absolute atomic E-state index is 0.407. The van der Waals surface area contributed by atoms with Crippen molar-refractivity contribution in [2.75, 3.05) is 50.6 Å². The predicted octanol–water partition coefficient (Wildman–Crippen LogP) is 3.33. The van der Waals surface area contributed by atoms with Crippen LogP contribution >= 0.6 is 23.6 Å². The van der Waals surface area contributed by atoms with Crippen LogP contribution in [0.1, 0.15) is 27.9 Å². The summed E-state index contributed by atoms with van der Waals surface area (Å²) in [4.78, 5) is 22.4. The fourth-order valence-corrected chi connectivity index (χ4v) is 4.40. The molecule has 0 atom stereocenters. The molecule has 0 unspecified atom stereocenters. The van der Waals surface area contributed by atoms with Crippen LogP contribution < -0.4 is 15.0 Å². The number of ether oxygens (including phenoxy) is 2. The lowest BCUT2D eigenvalue weighted by Gasteiger charge is -2.37. The number of esters is 1. The third kappa shape index (κ3) is 4.62. The van der Waals surface area contributed by atoms with E-state index in [-0.39, 0.29) is 0 Å². The van der Waals surface area contributed by atoms with Crippen molar-refractivity contribution in [1.29, 1.82) is 0 Å². The quantitative estimate of drug-likeness (QED) is 0.568. The van der Waals surface area contributed by atoms with E-state index < -0.39 is 5.97 Å². The molecular formula is C20H26N4O3S2. The Morgan fingerprint density at radius 2 is 2.03 bits per heavy atom. The Morgan fingerprint density at radius 1 is 1.31 bits per heavy atom. The molecule has 2 aromatic heterocycles. The van der Waals surface area contributed by atoms with E-state index in [0.717, 1.165) is 26.2 Å². The molecule has 0 radical (unpaired) electrons. The SMILES string of the molecule is CCc1nc(OC)c(NC(=S)N2CCN(c3ccsc3C)CC2)cc1C(=O)OC. The number of aryl methyl sites for hydroxylation is 2. The fourth-order valence-electron chi connectivity index (χ4n) is 3.38. The summed E-state index contributed by atoms with van der Waals surface area (Å²) in [7, 11) is 2.91. The van der Waals surface area contributed by atoms with Crippen molar-refractivity contribution in [3.63, 3.8) is 0 Å². The minimum atomic E-state index is -0.425. The van der Waals surface area contributed by atoms with Crippen molar-refractivity contribution in [2.24, 2.45) is 0 Å². The number of thiophene rings is 1. The normalized spacial score (nSPS) is 13.9. The maximum absolute atomic E-state index is 12.1. The molecule has 1 aliphatic rings. The largest absolute Gasteiger partial charge is 0.480 e. The first kappa shape index (κ1) is 21.3. The fraction of sp³-hybridized carbons (Fsp3) is 0.450. The van der Waals surface area contributed by atoms with Crippen LogP contribution in [-0.4, -0.2) is 61.4 Å². The van der Waals surface area contributed by atoms with Gasteiger partial charge in [-0.05, 0) is 43.1 Å². The molecule has 0 aromatic carbocycles. The predicted molar refractivity (Wildman–Crippen MR) is 121 cm³/mol. The molecule has 9 heteroatoms. The number of nitrogens with zero attached hydrogens (tertiary/aromatic N) is 3. The Labute approximate surface area is 180 Å². The number of anilines is 2. The van der Waals surface area contributed by atoms with E-state index in [1.54, 1.807) is 24.5 Å². The second kappa shape index (κ2) is 9.41. The van der Waals surface area contributed by atoms with Crippen molar-refractivity contribution in [3.05, 3.63) is 33.6 Å². The van der Waals surface area contributed by atoms with Gasteiger partial charge in [-0.3, -0.25) is 0 Å². The van der Waals surface area contributed by atoms with Gasteiger partial charge in [0.05, 0.1) is 31.2 Å². The highest BCUT2D eigenvalue weighted by atomic mass is 32.1. The number of nitrogens with one attached hydrogen (secondary N) is 1. The summed E-state index contributed by atoms with van der Waals surface area (Å²) in [6.45, 7) is 7.51. The molecule has 1 saturated heterocycles. The van der Waals surface area contributed by atoms with Crippen LogP contribution in [0.15, 0.2) is 17.5 Å². The Kier molecular flexibility index (Phi) is 6.92. The summed E-state index contributed by atoms with van der Waals surface area (Å²) in [5.41, 5.74) is 2.91. The summed E-state index contributed by atoms with van der Waals surface area (Å²) < 4.78 is 10.3. The second-order valence-corrected chi connectivity index (χ2v) is 8.16. The summed E-state index contributed by atoms with van der Waals surface area (Å²) in [5.74, 6) is -0.0184. The van der Waals surface area contributed by atoms with Crippen molar-refractivity contribution in [3.8, 4) is 5.88 Å². The molecule has 0 amide bonds. The molecule has 1 aliphatic heterocycles. The highest BCUT2D eigenvalue weighted by Gasteiger charge is 2.23. The van der Waals surface area contributed by atoms with E-state index in [1.807, 2.05) is 6.92 Å². The molecule has 0 saturated carbocycles. The van der Waals surface area contributed by atoms with Gasteiger partial charge >= 0.3 is 5.97 Å². The van der Waals surface area contributed by atoms with E-state index in [4.69, 9.17) is 21.7 Å². The highest BCUT2D eigenvalue weighted by Crippen LogP contribution is 2.28. The van der Waals surface area contributed by atoms with Crippen LogP contribution in [0.4, 0.5) is 11.4 Å². The van der Waals surface area contributed by atoms with Crippen LogP contribution in [0.2, 0.25) is 0 Å². The van der Waals surface area contributed by atoms with Crippen LogP contribution in [0.25, 0.3) is 0 Å². The van der Waals surface area contributed by atoms with Crippen LogP contribution in [0, 0.1) is 6.92 Å². The average Bonchev–Trinajstić information content (AvgIpc) is 3.18. The summed E-state index contributed by atoms with van der Waals surface area (Å²) >= 11 is 7.39. The lowest BCUT2D eigenvalue weighted by atomic mass is 10.1. The van der Waals surface area contributed by atoms with Crippen molar-refractivity contribution >= 4 is 46.0 Å². The zero-order valence-electron chi connectivity index (χ0n) is 17.2. The van der Waals surface area contributed by atoms with Crippen LogP contribution in [0.3, 0.4) is 0 Å². The topological polar surface area (TPSA) is 66.9 Å². The van der Waals surface area contributed by atoms with Crippen molar-refractivity contribution in [1.82, 2.24) is 9.88 Å². The van der Waals surface area contributed by atoms with Gasteiger partial charge in [-0.25, -0.2) is 9.78 Å². The van der Waals surface area contributed by atoms with Gasteiger partial charge in [0, 0.05) is 31.1 Å². The number of methoxy groups -OCH3 is 2. The second-order valence-electron chi connectivity index (χ2n) is 6.65. The molecule has 29 heavy (non-hydrogen) atoms. The number of pyridine rings is 1. The van der Waals surface area contributed by atoms with Gasteiger partial charge in [-0.15, -0.1) is 11.3 Å². The molecule has 0 spiro atoms. The smallest absolute Gasteiger partial charge is 0.339 e. The van der Waals surface area contributed by atoms with E-state index in [9.17, 15) is 4.79 Å². The molecule has 0 aliphatic carbocycles. The number of hydrogen-bond acceptors (Lipinski definition) is 7. The van der Waals surface area contributed by atoms with E-state index in [0.29, 0.717) is 34.4 Å². The first-order valence-electron chi connectivity index (χ1n) is 9.49. The number of rotatable bonds is 5. The van der Waals surface area contributed by atoms with Crippen LogP contribution in [-0.2, 0) is 11.2 Å². The monoisotopic (exact) mass is 434 g/mol. The maximum Gasteiger partial charge on any atom is 0.339 e.